The fourth-order valence-electron chi connectivity index (χ4n) is 1.82. The van der Waals surface area contributed by atoms with Crippen molar-refractivity contribution in [3.05, 3.63) is 51.3 Å². The SMILES string of the molecule is Cc1cc(C(=O)CSc2cc(Cl)ccc2Cl)c(C)[nH]1. The number of H-pyrrole nitrogens is 1. The number of carbonyl (C=O) groups excluding carboxylic acids is 1. The Morgan fingerprint density at radius 2 is 2.00 bits per heavy atom. The molecule has 0 saturated heterocycles. The van der Waals surface area contributed by atoms with Crippen molar-refractivity contribution in [3.63, 3.8) is 0 Å². The van der Waals surface area contributed by atoms with Gasteiger partial charge in [0.05, 0.1) is 10.8 Å². The first-order valence-corrected chi connectivity index (χ1v) is 7.49. The molecule has 2 rings (SSSR count). The normalized spacial score (nSPS) is 10.7. The molecule has 0 bridgehead atoms. The lowest BCUT2D eigenvalue weighted by atomic mass is 10.2. The van der Waals surface area contributed by atoms with E-state index in [0.29, 0.717) is 15.8 Å². The first kappa shape index (κ1) is 14.5. The van der Waals surface area contributed by atoms with Crippen LogP contribution in [0.4, 0.5) is 0 Å². The summed E-state index contributed by atoms with van der Waals surface area (Å²) < 4.78 is 0. The Balaban J connectivity index is 2.08. The lowest BCUT2D eigenvalue weighted by Gasteiger charge is -2.04. The summed E-state index contributed by atoms with van der Waals surface area (Å²) in [6.45, 7) is 3.84. The highest BCUT2D eigenvalue weighted by Crippen LogP contribution is 2.30. The number of ketones is 1. The Morgan fingerprint density at radius 3 is 2.63 bits per heavy atom. The molecule has 0 aliphatic rings. The number of thioether (sulfide) groups is 1. The van der Waals surface area contributed by atoms with Crippen LogP contribution in [0, 0.1) is 13.8 Å². The number of benzene rings is 1. The molecule has 2 aromatic rings. The second-order valence-corrected chi connectivity index (χ2v) is 6.14. The molecule has 0 fully saturated rings. The van der Waals surface area contributed by atoms with E-state index in [4.69, 9.17) is 23.2 Å². The van der Waals surface area contributed by atoms with Crippen LogP contribution < -0.4 is 0 Å². The summed E-state index contributed by atoms with van der Waals surface area (Å²) in [5.74, 6) is 0.431. The van der Waals surface area contributed by atoms with Crippen LogP contribution in [0.5, 0.6) is 0 Å². The quantitative estimate of drug-likeness (QED) is 0.642. The standard InChI is InChI=1S/C14H13Cl2NOS/c1-8-5-11(9(2)17-8)13(18)7-19-14-6-10(15)3-4-12(14)16/h3-6,17H,7H2,1-2H3. The van der Waals surface area contributed by atoms with E-state index in [1.54, 1.807) is 18.2 Å². The summed E-state index contributed by atoms with van der Waals surface area (Å²) in [7, 11) is 0. The van der Waals surface area contributed by atoms with Crippen molar-refractivity contribution in [1.29, 1.82) is 0 Å². The maximum absolute atomic E-state index is 12.1. The largest absolute Gasteiger partial charge is 0.362 e. The van der Waals surface area contributed by atoms with Crippen molar-refractivity contribution in [2.45, 2.75) is 18.7 Å². The first-order valence-electron chi connectivity index (χ1n) is 5.74. The third kappa shape index (κ3) is 3.56. The van der Waals surface area contributed by atoms with E-state index in [0.717, 1.165) is 21.8 Å². The van der Waals surface area contributed by atoms with Crippen molar-refractivity contribution < 1.29 is 4.79 Å². The number of rotatable bonds is 4. The second kappa shape index (κ2) is 6.04. The topological polar surface area (TPSA) is 32.9 Å². The van der Waals surface area contributed by atoms with Crippen molar-refractivity contribution in [3.8, 4) is 0 Å². The van der Waals surface area contributed by atoms with Crippen LogP contribution in [0.15, 0.2) is 29.2 Å². The molecule has 0 amide bonds. The van der Waals surface area contributed by atoms with Crippen molar-refractivity contribution >= 4 is 40.7 Å². The average Bonchev–Trinajstić information content (AvgIpc) is 2.69. The zero-order valence-corrected chi connectivity index (χ0v) is 12.9. The highest BCUT2D eigenvalue weighted by Gasteiger charge is 2.13. The molecular formula is C14H13Cl2NOS. The molecule has 0 unspecified atom stereocenters. The lowest BCUT2D eigenvalue weighted by Crippen LogP contribution is -2.02. The number of Topliss-reactive ketones (excluding diaryl/α,β-unsaturated/α-hetero) is 1. The molecule has 0 atom stereocenters. The smallest absolute Gasteiger partial charge is 0.174 e. The van der Waals surface area contributed by atoms with Gasteiger partial charge < -0.3 is 4.98 Å². The van der Waals surface area contributed by atoms with E-state index in [1.165, 1.54) is 11.8 Å². The number of nitrogens with one attached hydrogen (secondary N) is 1. The van der Waals surface area contributed by atoms with Gasteiger partial charge >= 0.3 is 0 Å². The Labute approximate surface area is 126 Å². The molecule has 0 saturated carbocycles. The van der Waals surface area contributed by atoms with Crippen LogP contribution in [0.3, 0.4) is 0 Å². The van der Waals surface area contributed by atoms with Gasteiger partial charge in [-0.25, -0.2) is 0 Å². The molecule has 0 aliphatic carbocycles. The summed E-state index contributed by atoms with van der Waals surface area (Å²) in [6, 6.07) is 7.12. The van der Waals surface area contributed by atoms with Gasteiger partial charge in [0, 0.05) is 26.9 Å². The highest BCUT2D eigenvalue weighted by molar-refractivity contribution is 8.00. The molecule has 5 heteroatoms. The van der Waals surface area contributed by atoms with Crippen LogP contribution in [0.25, 0.3) is 0 Å². The number of aromatic nitrogens is 1. The van der Waals surface area contributed by atoms with Crippen molar-refractivity contribution in [2.24, 2.45) is 0 Å². The fraction of sp³-hybridized carbons (Fsp3) is 0.214. The Hall–Kier alpha value is -0.900. The van der Waals surface area contributed by atoms with Gasteiger partial charge in [0.25, 0.3) is 0 Å². The zero-order valence-electron chi connectivity index (χ0n) is 10.6. The zero-order chi connectivity index (χ0) is 14.0. The maximum Gasteiger partial charge on any atom is 0.174 e. The Morgan fingerprint density at radius 1 is 1.26 bits per heavy atom. The number of aromatic amines is 1. The third-order valence-corrected chi connectivity index (χ3v) is 4.43. The predicted octanol–water partition coefficient (Wildman–Crippen LogP) is 4.91. The Bertz CT molecular complexity index is 622. The lowest BCUT2D eigenvalue weighted by molar-refractivity contribution is 0.102. The molecule has 0 radical (unpaired) electrons. The van der Waals surface area contributed by atoms with Gasteiger partial charge in [0.1, 0.15) is 0 Å². The molecule has 1 heterocycles. The van der Waals surface area contributed by atoms with Gasteiger partial charge in [-0.05, 0) is 38.1 Å². The Kier molecular flexibility index (Phi) is 4.61. The molecule has 100 valence electrons. The predicted molar refractivity (Wildman–Crippen MR) is 81.8 cm³/mol. The van der Waals surface area contributed by atoms with E-state index in [2.05, 4.69) is 4.98 Å². The van der Waals surface area contributed by atoms with Crippen LogP contribution >= 0.6 is 35.0 Å². The summed E-state index contributed by atoms with van der Waals surface area (Å²) in [6.07, 6.45) is 0. The van der Waals surface area contributed by atoms with Gasteiger partial charge in [-0.1, -0.05) is 23.2 Å². The van der Waals surface area contributed by atoms with E-state index in [-0.39, 0.29) is 5.78 Å². The van der Waals surface area contributed by atoms with Gasteiger partial charge in [-0.15, -0.1) is 11.8 Å². The summed E-state index contributed by atoms with van der Waals surface area (Å²) in [4.78, 5) is 16.1. The van der Waals surface area contributed by atoms with Crippen LogP contribution in [0.1, 0.15) is 21.7 Å². The number of carbonyl (C=O) groups is 1. The van der Waals surface area contributed by atoms with Crippen LogP contribution in [0.2, 0.25) is 10.0 Å². The van der Waals surface area contributed by atoms with E-state index >= 15 is 0 Å². The van der Waals surface area contributed by atoms with Gasteiger partial charge in [0.2, 0.25) is 0 Å². The maximum atomic E-state index is 12.1. The fourth-order valence-corrected chi connectivity index (χ4v) is 3.20. The summed E-state index contributed by atoms with van der Waals surface area (Å²) >= 11 is 13.4. The average molecular weight is 314 g/mol. The minimum atomic E-state index is 0.0860. The number of hydrogen-bond donors (Lipinski definition) is 1. The molecule has 1 aromatic carbocycles. The molecule has 0 aliphatic heterocycles. The highest BCUT2D eigenvalue weighted by atomic mass is 35.5. The minimum absolute atomic E-state index is 0.0860. The monoisotopic (exact) mass is 313 g/mol. The van der Waals surface area contributed by atoms with Gasteiger partial charge in [0.15, 0.2) is 5.78 Å². The number of halogens is 2. The molecule has 19 heavy (non-hydrogen) atoms. The van der Waals surface area contributed by atoms with E-state index < -0.39 is 0 Å². The molecule has 1 N–H and O–H groups in total. The molecule has 1 aromatic heterocycles. The summed E-state index contributed by atoms with van der Waals surface area (Å²) in [5, 5.41) is 1.23. The minimum Gasteiger partial charge on any atom is -0.362 e. The molecule has 2 nitrogen and oxygen atoms in total. The second-order valence-electron chi connectivity index (χ2n) is 4.28. The molecule has 0 spiro atoms. The van der Waals surface area contributed by atoms with Crippen LogP contribution in [-0.4, -0.2) is 16.5 Å². The van der Waals surface area contributed by atoms with Gasteiger partial charge in [-0.2, -0.15) is 0 Å². The van der Waals surface area contributed by atoms with E-state index in [9.17, 15) is 4.79 Å². The first-order chi connectivity index (χ1) is 8.97. The van der Waals surface area contributed by atoms with Crippen molar-refractivity contribution in [1.82, 2.24) is 4.98 Å². The molecular weight excluding hydrogens is 301 g/mol. The van der Waals surface area contributed by atoms with Crippen LogP contribution in [-0.2, 0) is 0 Å². The van der Waals surface area contributed by atoms with E-state index in [1.807, 2.05) is 19.9 Å². The number of aryl methyl sites for hydroxylation is 2. The van der Waals surface area contributed by atoms with Gasteiger partial charge in [-0.3, -0.25) is 4.79 Å². The summed E-state index contributed by atoms with van der Waals surface area (Å²) in [5.41, 5.74) is 2.63. The number of hydrogen-bond acceptors (Lipinski definition) is 2. The third-order valence-electron chi connectivity index (χ3n) is 2.70. The van der Waals surface area contributed by atoms with Crippen molar-refractivity contribution in [2.75, 3.05) is 5.75 Å².